The average Bonchev–Trinajstić information content (AvgIpc) is 3.27. The fraction of sp³-hybridized carbons (Fsp3) is 0.341. The summed E-state index contributed by atoms with van der Waals surface area (Å²) < 4.78 is 248. The summed E-state index contributed by atoms with van der Waals surface area (Å²) in [5.41, 5.74) is -4.54. The van der Waals surface area contributed by atoms with E-state index in [2.05, 4.69) is 0 Å². The molecule has 6 rings (SSSR count). The first-order valence-electron chi connectivity index (χ1n) is 25.0. The lowest BCUT2D eigenvalue weighted by atomic mass is 9.99. The number of amides is 1. The number of hydrogen-bond donors (Lipinski definition) is 1. The summed E-state index contributed by atoms with van der Waals surface area (Å²) in [6.07, 6.45) is -16.3. The van der Waals surface area contributed by atoms with Gasteiger partial charge in [-0.3, -0.25) is 4.79 Å². The predicted octanol–water partition coefficient (Wildman–Crippen LogP) is 8.73. The molecule has 0 spiro atoms. The number of likely N-dealkylation sites (tertiary alicyclic amines) is 1. The second-order valence-electron chi connectivity index (χ2n) is 11.2. The van der Waals surface area contributed by atoms with Gasteiger partial charge in [0.1, 0.15) is 12.6 Å². The molecule has 1 amide bonds. The molecule has 1 fully saturated rings. The van der Waals surface area contributed by atoms with E-state index in [1.807, 2.05) is 0 Å². The maximum atomic E-state index is 15.8. The summed E-state index contributed by atoms with van der Waals surface area (Å²) in [5, 5.41) is 10.5. The third-order valence-corrected chi connectivity index (χ3v) is 8.58. The number of anilines is 1. The number of ether oxygens (including phenoxy) is 1. The number of hydrogen-bond acceptors (Lipinski definition) is 6. The van der Waals surface area contributed by atoms with Crippen molar-refractivity contribution in [1.29, 1.82) is 0 Å². The lowest BCUT2D eigenvalue weighted by Gasteiger charge is -2.40. The number of carbonyl (C=O) groups is 1. The third kappa shape index (κ3) is 9.29. The van der Waals surface area contributed by atoms with Gasteiger partial charge in [0.15, 0.2) is 11.6 Å². The first-order chi connectivity index (χ1) is 32.8. The van der Waals surface area contributed by atoms with Crippen molar-refractivity contribution in [2.45, 2.75) is 50.2 Å². The highest BCUT2D eigenvalue weighted by atomic mass is 32.2. The molecule has 0 aliphatic carbocycles. The molecule has 2 aliphatic heterocycles. The zero-order valence-corrected chi connectivity index (χ0v) is 28.6. The zero-order valence-electron chi connectivity index (χ0n) is 46.7. The minimum Gasteiger partial charge on any atom is -0.384 e. The summed E-state index contributed by atoms with van der Waals surface area (Å²) in [5.74, 6) is -6.24. The van der Waals surface area contributed by atoms with Crippen LogP contribution in [0.1, 0.15) is 72.7 Å². The molecule has 12 heteroatoms. The molecule has 2 heterocycles. The number of nitrogens with zero attached hydrogens (tertiary/aromatic N) is 3. The summed E-state index contributed by atoms with van der Waals surface area (Å²) in [7, 11) is 0.872. The largest absolute Gasteiger partial charge is 0.416 e. The van der Waals surface area contributed by atoms with Crippen molar-refractivity contribution in [3.8, 4) is 11.1 Å². The SMILES string of the molecule is [2H]C1=C(SCc2cccc(F)c2F)N(C([2H])([2H])C(=O)N(C([2H])([2H])c2ccc(-c3ccc(C(F)(F)F)cc3)cc2)C2([2H])C([2H])([2H])C([2H])([2H])N(C([2H])([2H])COC)C([2H])([2H])C2([2H])[2H])c2c([2H])c([2H])c(C)c([2H])c2C1O. The van der Waals surface area contributed by atoms with E-state index in [0.717, 1.165) is 80.8 Å². The van der Waals surface area contributed by atoms with Crippen LogP contribution in [0.5, 0.6) is 0 Å². The molecule has 1 N–H and O–H groups in total. The summed E-state index contributed by atoms with van der Waals surface area (Å²) in [6.45, 7) is -20.8. The molecule has 53 heavy (non-hydrogen) atoms. The minimum atomic E-state index is -4.80. The molecule has 4 aromatic carbocycles. The summed E-state index contributed by atoms with van der Waals surface area (Å²) >= 11 is 0.188. The van der Waals surface area contributed by atoms with Gasteiger partial charge in [0.25, 0.3) is 0 Å². The maximum Gasteiger partial charge on any atom is 0.416 e. The van der Waals surface area contributed by atoms with Gasteiger partial charge in [-0.05, 0) is 66.7 Å². The van der Waals surface area contributed by atoms with E-state index < -0.39 is 160 Å². The number of halogens is 5. The average molecular weight is 771 g/mol. The monoisotopic (exact) mass is 770 g/mol. The topological polar surface area (TPSA) is 56.3 Å². The Kier molecular flexibility index (Phi) is 6.68. The molecule has 1 unspecified atom stereocenters. The van der Waals surface area contributed by atoms with Gasteiger partial charge in [0, 0.05) is 75.4 Å². The van der Waals surface area contributed by atoms with Crippen LogP contribution >= 0.6 is 11.8 Å². The third-order valence-electron chi connectivity index (χ3n) is 7.55. The van der Waals surface area contributed by atoms with Crippen LogP contribution in [0, 0.1) is 18.6 Å². The van der Waals surface area contributed by atoms with E-state index in [-0.39, 0.29) is 33.4 Å². The summed E-state index contributed by atoms with van der Waals surface area (Å²) in [4.78, 5) is 14.4. The Morgan fingerprint density at radius 3 is 2.42 bits per heavy atom. The van der Waals surface area contributed by atoms with Crippen molar-refractivity contribution in [3.05, 3.63) is 135 Å². The van der Waals surface area contributed by atoms with Crippen LogP contribution in [0.15, 0.2) is 95.9 Å². The van der Waals surface area contributed by atoms with Gasteiger partial charge in [-0.25, -0.2) is 8.78 Å². The number of methoxy groups -OCH3 is 1. The van der Waals surface area contributed by atoms with Gasteiger partial charge in [0.2, 0.25) is 5.91 Å². The van der Waals surface area contributed by atoms with Crippen LogP contribution in [0.2, 0.25) is 0 Å². The number of aliphatic hydroxyl groups excluding tert-OH is 1. The Bertz CT molecular complexity index is 2790. The molecule has 0 saturated carbocycles. The van der Waals surface area contributed by atoms with E-state index >= 15 is 9.18 Å². The standard InChI is InChI=1S/C41H42F5N3O3S/c1-27-6-15-36-34(22-27)37(50)23-39(53-26-31-4-3-5-35(42)40(31)43)49(36)25-38(51)48(33-16-18-47(19-17-33)20-21-52-2)24-28-7-9-29(10-8-28)30-11-13-32(14-12-30)41(44,45)46/h3-15,22-23,33,37,50H,16-21,24-26H2,1-2H3/i6D,15D,16D2,17D2,18D2,19D2,20D2,22D,23D,24D2,25D2,33D. The number of fused-ring (bicyclic) bond motifs is 1. The number of piperidine rings is 1. The molecule has 0 aromatic heterocycles. The molecule has 0 radical (unpaired) electrons. The van der Waals surface area contributed by atoms with Crippen LogP contribution in [0.4, 0.5) is 27.6 Å². The highest BCUT2D eigenvalue weighted by Gasteiger charge is 2.33. The fourth-order valence-electron chi connectivity index (χ4n) is 4.93. The van der Waals surface area contributed by atoms with Crippen molar-refractivity contribution < 1.29 is 62.6 Å². The highest BCUT2D eigenvalue weighted by Crippen LogP contribution is 2.41. The van der Waals surface area contributed by atoms with Crippen molar-refractivity contribution in [2.24, 2.45) is 0 Å². The normalized spacial score (nSPS) is 27.4. The number of aliphatic hydroxyl groups is 1. The lowest BCUT2D eigenvalue weighted by molar-refractivity contribution is -0.137. The first-order valence-corrected chi connectivity index (χ1v) is 16.5. The predicted molar refractivity (Wildman–Crippen MR) is 198 cm³/mol. The Balaban J connectivity index is 1.68. The van der Waals surface area contributed by atoms with Gasteiger partial charge < -0.3 is 24.5 Å². The molecule has 1 atom stereocenters. The Morgan fingerprint density at radius 2 is 1.75 bits per heavy atom. The molecule has 280 valence electrons. The van der Waals surface area contributed by atoms with Crippen molar-refractivity contribution in [2.75, 3.05) is 44.6 Å². The van der Waals surface area contributed by atoms with Crippen LogP contribution in [-0.2, 0) is 28.0 Å². The molecule has 0 bridgehead atoms. The van der Waals surface area contributed by atoms with Gasteiger partial charge in [-0.15, -0.1) is 11.8 Å². The Hall–Kier alpha value is -4.23. The minimum absolute atomic E-state index is 0.0420. The van der Waals surface area contributed by atoms with E-state index in [9.17, 15) is 35.0 Å². The Labute approximate surface area is 337 Å². The molecule has 1 saturated heterocycles. The molecule has 4 aromatic rings. The smallest absolute Gasteiger partial charge is 0.384 e. The Morgan fingerprint density at radius 1 is 1.08 bits per heavy atom. The number of benzene rings is 4. The number of carbonyl (C=O) groups excluding carboxylic acids is 1. The van der Waals surface area contributed by atoms with Crippen LogP contribution in [0.3, 0.4) is 0 Å². The quantitative estimate of drug-likeness (QED) is 0.146. The van der Waals surface area contributed by atoms with Gasteiger partial charge in [-0.1, -0.05) is 66.2 Å². The number of thioether (sulfide) groups is 1. The van der Waals surface area contributed by atoms with Crippen LogP contribution < -0.4 is 4.90 Å². The van der Waals surface area contributed by atoms with Crippen LogP contribution in [-0.4, -0.2) is 66.5 Å². The highest BCUT2D eigenvalue weighted by molar-refractivity contribution is 8.02. The molecule has 6 nitrogen and oxygen atoms in total. The van der Waals surface area contributed by atoms with Gasteiger partial charge in [-0.2, -0.15) is 13.2 Å². The van der Waals surface area contributed by atoms with Crippen molar-refractivity contribution >= 4 is 23.4 Å². The van der Waals surface area contributed by atoms with E-state index in [1.165, 1.54) is 0 Å². The van der Waals surface area contributed by atoms with Crippen molar-refractivity contribution in [3.63, 3.8) is 0 Å². The van der Waals surface area contributed by atoms with Crippen molar-refractivity contribution in [1.82, 2.24) is 9.80 Å². The van der Waals surface area contributed by atoms with E-state index in [0.29, 0.717) is 0 Å². The second-order valence-corrected chi connectivity index (χ2v) is 12.2. The second kappa shape index (κ2) is 16.8. The molecule has 2 aliphatic rings. The molecular formula is C41H42F5N3O3S. The zero-order chi connectivity index (χ0) is 54.7. The fourth-order valence-corrected chi connectivity index (χ4v) is 5.91. The van der Waals surface area contributed by atoms with Crippen LogP contribution in [0.25, 0.3) is 11.1 Å². The molecular weight excluding hydrogens is 710 g/mol. The first kappa shape index (κ1) is 21.0. The van der Waals surface area contributed by atoms with Gasteiger partial charge >= 0.3 is 6.18 Å². The number of rotatable bonds is 12. The maximum absolute atomic E-state index is 15.8. The van der Waals surface area contributed by atoms with Gasteiger partial charge in [0.05, 0.1) is 29.5 Å². The van der Waals surface area contributed by atoms with E-state index in [4.69, 9.17) is 18.4 Å². The lowest BCUT2D eigenvalue weighted by Crippen LogP contribution is -2.50. The van der Waals surface area contributed by atoms with E-state index in [1.54, 1.807) is 0 Å². The summed E-state index contributed by atoms with van der Waals surface area (Å²) in [6, 6.07) is 1.34. The number of alkyl halides is 3.